The Morgan fingerprint density at radius 2 is 2.05 bits per heavy atom. The molecule has 110 valence electrons. The average Bonchev–Trinajstić information content (AvgIpc) is 2.65. The van der Waals surface area contributed by atoms with E-state index in [0.717, 1.165) is 52.0 Å². The van der Waals surface area contributed by atoms with Gasteiger partial charge in [0.05, 0.1) is 0 Å². The Bertz CT molecular complexity index is 278. The molecule has 1 amide bonds. The second-order valence-corrected chi connectivity index (χ2v) is 5.52. The summed E-state index contributed by atoms with van der Waals surface area (Å²) >= 11 is 0. The highest BCUT2D eigenvalue weighted by Crippen LogP contribution is 2.17. The number of carbonyl (C=O) groups excluding carboxylic acids is 1. The minimum absolute atomic E-state index is 0.242. The van der Waals surface area contributed by atoms with Gasteiger partial charge in [0.2, 0.25) is 5.91 Å². The number of carbonyl (C=O) groups is 1. The van der Waals surface area contributed by atoms with Crippen LogP contribution in [0.2, 0.25) is 0 Å². The molecular weight excluding hydrogens is 236 g/mol. The Balaban J connectivity index is 2.48. The highest BCUT2D eigenvalue weighted by atomic mass is 16.2. The standard InChI is InChI=1S/C16H30N2O/c1-4-7-9-15(6-3)16(19)18-12-8-11-17(10-5-2)13-14-18/h5,15H,2,4,6-14H2,1,3H3. The molecular formula is C16H30N2O. The summed E-state index contributed by atoms with van der Waals surface area (Å²) in [6.07, 6.45) is 7.42. The molecule has 1 unspecified atom stereocenters. The molecule has 1 aliphatic rings. The Morgan fingerprint density at radius 1 is 1.26 bits per heavy atom. The van der Waals surface area contributed by atoms with Crippen molar-refractivity contribution in [3.05, 3.63) is 12.7 Å². The van der Waals surface area contributed by atoms with E-state index < -0.39 is 0 Å². The third-order valence-electron chi connectivity index (χ3n) is 4.04. The maximum absolute atomic E-state index is 12.5. The third-order valence-corrected chi connectivity index (χ3v) is 4.04. The van der Waals surface area contributed by atoms with Gasteiger partial charge in [0, 0.05) is 38.6 Å². The largest absolute Gasteiger partial charge is 0.341 e. The van der Waals surface area contributed by atoms with Gasteiger partial charge in [0.25, 0.3) is 0 Å². The lowest BCUT2D eigenvalue weighted by Crippen LogP contribution is -2.39. The molecule has 0 saturated carbocycles. The lowest BCUT2D eigenvalue weighted by atomic mass is 9.97. The van der Waals surface area contributed by atoms with Gasteiger partial charge in [0.15, 0.2) is 0 Å². The number of rotatable bonds is 7. The Kier molecular flexibility index (Phi) is 7.80. The van der Waals surface area contributed by atoms with E-state index in [4.69, 9.17) is 0 Å². The summed E-state index contributed by atoms with van der Waals surface area (Å²) in [6, 6.07) is 0. The van der Waals surface area contributed by atoms with Crippen LogP contribution in [0.15, 0.2) is 12.7 Å². The molecule has 3 heteroatoms. The fraction of sp³-hybridized carbons (Fsp3) is 0.812. The van der Waals surface area contributed by atoms with Crippen molar-refractivity contribution in [3.8, 4) is 0 Å². The number of unbranched alkanes of at least 4 members (excludes halogenated alkanes) is 1. The first kappa shape index (κ1) is 16.2. The zero-order valence-corrected chi connectivity index (χ0v) is 12.7. The SMILES string of the molecule is C=CCN1CCCN(C(=O)C(CC)CCCC)CC1. The average molecular weight is 266 g/mol. The molecule has 0 radical (unpaired) electrons. The van der Waals surface area contributed by atoms with Crippen LogP contribution in [0.25, 0.3) is 0 Å². The molecule has 0 spiro atoms. The van der Waals surface area contributed by atoms with Gasteiger partial charge in [-0.15, -0.1) is 6.58 Å². The van der Waals surface area contributed by atoms with Crippen molar-refractivity contribution in [2.45, 2.75) is 46.0 Å². The summed E-state index contributed by atoms with van der Waals surface area (Å²) < 4.78 is 0. The van der Waals surface area contributed by atoms with Crippen LogP contribution >= 0.6 is 0 Å². The van der Waals surface area contributed by atoms with Crippen LogP contribution < -0.4 is 0 Å². The number of amides is 1. The van der Waals surface area contributed by atoms with E-state index in [1.165, 1.54) is 12.8 Å². The summed E-state index contributed by atoms with van der Waals surface area (Å²) in [7, 11) is 0. The van der Waals surface area contributed by atoms with Gasteiger partial charge in [-0.1, -0.05) is 32.8 Å². The molecule has 0 aliphatic carbocycles. The van der Waals surface area contributed by atoms with Crippen LogP contribution in [-0.2, 0) is 4.79 Å². The Labute approximate surface area is 118 Å². The van der Waals surface area contributed by atoms with Crippen molar-refractivity contribution in [1.82, 2.24) is 9.80 Å². The van der Waals surface area contributed by atoms with Gasteiger partial charge < -0.3 is 4.90 Å². The molecule has 0 aromatic carbocycles. The number of hydrogen-bond donors (Lipinski definition) is 0. The minimum atomic E-state index is 0.242. The van der Waals surface area contributed by atoms with Crippen LogP contribution in [0.4, 0.5) is 0 Å². The predicted molar refractivity (Wildman–Crippen MR) is 81.1 cm³/mol. The van der Waals surface area contributed by atoms with Gasteiger partial charge >= 0.3 is 0 Å². The molecule has 19 heavy (non-hydrogen) atoms. The Hall–Kier alpha value is -0.830. The topological polar surface area (TPSA) is 23.6 Å². The molecule has 1 saturated heterocycles. The van der Waals surface area contributed by atoms with Crippen LogP contribution in [0.5, 0.6) is 0 Å². The second kappa shape index (κ2) is 9.13. The first-order valence-electron chi connectivity index (χ1n) is 7.84. The maximum Gasteiger partial charge on any atom is 0.225 e. The zero-order valence-electron chi connectivity index (χ0n) is 12.7. The van der Waals surface area contributed by atoms with Gasteiger partial charge in [-0.2, -0.15) is 0 Å². The van der Waals surface area contributed by atoms with Gasteiger partial charge in [-0.25, -0.2) is 0 Å². The summed E-state index contributed by atoms with van der Waals surface area (Å²) in [5.74, 6) is 0.627. The molecule has 0 aromatic rings. The van der Waals surface area contributed by atoms with E-state index in [2.05, 4.69) is 30.2 Å². The van der Waals surface area contributed by atoms with Crippen molar-refractivity contribution in [2.75, 3.05) is 32.7 Å². The van der Waals surface area contributed by atoms with E-state index in [9.17, 15) is 4.79 Å². The first-order chi connectivity index (χ1) is 9.22. The summed E-state index contributed by atoms with van der Waals surface area (Å²) in [4.78, 5) is 17.0. The molecule has 1 aliphatic heterocycles. The van der Waals surface area contributed by atoms with Crippen molar-refractivity contribution in [2.24, 2.45) is 5.92 Å². The van der Waals surface area contributed by atoms with E-state index >= 15 is 0 Å². The molecule has 0 bridgehead atoms. The fourth-order valence-electron chi connectivity index (χ4n) is 2.77. The lowest BCUT2D eigenvalue weighted by Gasteiger charge is -2.25. The molecule has 3 nitrogen and oxygen atoms in total. The summed E-state index contributed by atoms with van der Waals surface area (Å²) in [5, 5.41) is 0. The van der Waals surface area contributed by atoms with Crippen LogP contribution in [0.3, 0.4) is 0 Å². The van der Waals surface area contributed by atoms with Gasteiger partial charge in [0.1, 0.15) is 0 Å². The lowest BCUT2D eigenvalue weighted by molar-refractivity contribution is -0.135. The minimum Gasteiger partial charge on any atom is -0.341 e. The molecule has 1 atom stereocenters. The maximum atomic E-state index is 12.5. The quantitative estimate of drug-likeness (QED) is 0.662. The highest BCUT2D eigenvalue weighted by molar-refractivity contribution is 5.78. The Morgan fingerprint density at radius 3 is 2.68 bits per heavy atom. The van der Waals surface area contributed by atoms with E-state index in [1.807, 2.05) is 6.08 Å². The molecule has 1 heterocycles. The molecule has 1 fully saturated rings. The van der Waals surface area contributed by atoms with E-state index in [1.54, 1.807) is 0 Å². The third kappa shape index (κ3) is 5.35. The van der Waals surface area contributed by atoms with E-state index in [0.29, 0.717) is 5.91 Å². The van der Waals surface area contributed by atoms with Crippen LogP contribution in [0.1, 0.15) is 46.0 Å². The molecule has 1 rings (SSSR count). The highest BCUT2D eigenvalue weighted by Gasteiger charge is 2.24. The monoisotopic (exact) mass is 266 g/mol. The summed E-state index contributed by atoms with van der Waals surface area (Å²) in [5.41, 5.74) is 0. The number of hydrogen-bond acceptors (Lipinski definition) is 2. The van der Waals surface area contributed by atoms with Crippen LogP contribution in [-0.4, -0.2) is 48.4 Å². The smallest absolute Gasteiger partial charge is 0.225 e. The van der Waals surface area contributed by atoms with Gasteiger partial charge in [-0.05, 0) is 19.3 Å². The molecule has 0 N–H and O–H groups in total. The predicted octanol–water partition coefficient (Wildman–Crippen LogP) is 2.92. The fourth-order valence-corrected chi connectivity index (χ4v) is 2.77. The van der Waals surface area contributed by atoms with Crippen molar-refractivity contribution >= 4 is 5.91 Å². The second-order valence-electron chi connectivity index (χ2n) is 5.52. The van der Waals surface area contributed by atoms with Crippen molar-refractivity contribution < 1.29 is 4.79 Å². The normalized spacial score (nSPS) is 18.9. The zero-order chi connectivity index (χ0) is 14.1. The number of nitrogens with zero attached hydrogens (tertiary/aromatic N) is 2. The van der Waals surface area contributed by atoms with Crippen molar-refractivity contribution in [3.63, 3.8) is 0 Å². The van der Waals surface area contributed by atoms with Gasteiger partial charge in [-0.3, -0.25) is 9.69 Å². The van der Waals surface area contributed by atoms with Crippen molar-refractivity contribution in [1.29, 1.82) is 0 Å². The van der Waals surface area contributed by atoms with E-state index in [-0.39, 0.29) is 5.92 Å². The first-order valence-corrected chi connectivity index (χ1v) is 7.84. The van der Waals surface area contributed by atoms with Crippen LogP contribution in [0, 0.1) is 5.92 Å². The summed E-state index contributed by atoms with van der Waals surface area (Å²) in [6.45, 7) is 12.9. The molecule has 0 aromatic heterocycles.